The average Bonchev–Trinajstić information content (AvgIpc) is 3.26. The van der Waals surface area contributed by atoms with Crippen molar-refractivity contribution in [3.05, 3.63) is 77.1 Å². The zero-order chi connectivity index (χ0) is 23.5. The highest BCUT2D eigenvalue weighted by molar-refractivity contribution is 6.37. The second-order valence-electron chi connectivity index (χ2n) is 7.41. The lowest BCUT2D eigenvalue weighted by Crippen LogP contribution is -2.29. The van der Waals surface area contributed by atoms with Crippen LogP contribution in [-0.4, -0.2) is 33.7 Å². The molecule has 1 aliphatic heterocycles. The molecule has 2 aromatic carbocycles. The Kier molecular flexibility index (Phi) is 4.48. The molecule has 166 valence electrons. The van der Waals surface area contributed by atoms with Crippen molar-refractivity contribution in [3.8, 4) is 11.4 Å². The first-order valence-corrected chi connectivity index (χ1v) is 9.80. The molecule has 0 N–H and O–H groups in total. The third-order valence-corrected chi connectivity index (χ3v) is 5.47. The van der Waals surface area contributed by atoms with E-state index in [0.29, 0.717) is 28.2 Å². The van der Waals surface area contributed by atoms with Crippen molar-refractivity contribution in [2.24, 2.45) is 0 Å². The Morgan fingerprint density at radius 1 is 1.00 bits per heavy atom. The smallest absolute Gasteiger partial charge is 0.416 e. The van der Waals surface area contributed by atoms with Crippen LogP contribution in [0.1, 0.15) is 32.0 Å². The highest BCUT2D eigenvalue weighted by Crippen LogP contribution is 2.37. The van der Waals surface area contributed by atoms with Gasteiger partial charge in [0.2, 0.25) is 0 Å². The van der Waals surface area contributed by atoms with E-state index >= 15 is 0 Å². The molecule has 0 unspecified atom stereocenters. The lowest BCUT2D eigenvalue weighted by Gasteiger charge is -2.16. The maximum atomic E-state index is 13.3. The molecule has 5 rings (SSSR count). The quantitative estimate of drug-likeness (QED) is 0.426. The summed E-state index contributed by atoms with van der Waals surface area (Å²) in [5.74, 6) is -0.949. The lowest BCUT2D eigenvalue weighted by atomic mass is 10.1. The number of carbonyl (C=O) groups excluding carboxylic acids is 2. The number of anilines is 1. The summed E-state index contributed by atoms with van der Waals surface area (Å²) >= 11 is 0. The number of alkyl halides is 3. The van der Waals surface area contributed by atoms with Crippen LogP contribution in [0.25, 0.3) is 16.7 Å². The standard InChI is InChI=1S/C23H15F3N4O3/c1-12-18-19-15(11-27-20(18)30(28-12)16-8-3-4-9-17(16)33-2)21(31)29(22(19)32)14-7-5-6-13(10-14)23(24,25)26/h3-11H,1-2H3. The van der Waals surface area contributed by atoms with E-state index < -0.39 is 23.6 Å². The first-order valence-electron chi connectivity index (χ1n) is 9.80. The molecular weight excluding hydrogens is 437 g/mol. The Balaban J connectivity index is 1.68. The van der Waals surface area contributed by atoms with E-state index in [1.165, 1.54) is 24.1 Å². The van der Waals surface area contributed by atoms with Gasteiger partial charge in [0.15, 0.2) is 5.65 Å². The number of aryl methyl sites for hydroxylation is 1. The van der Waals surface area contributed by atoms with E-state index in [0.717, 1.165) is 23.1 Å². The molecule has 10 heteroatoms. The average molecular weight is 452 g/mol. The number of para-hydroxylation sites is 2. The Morgan fingerprint density at radius 2 is 1.76 bits per heavy atom. The SMILES string of the molecule is COc1ccccc1-n1nc(C)c2c3c(cnc21)C(=O)N(c1cccc(C(F)(F)F)c1)C3=O. The topological polar surface area (TPSA) is 77.3 Å². The van der Waals surface area contributed by atoms with Crippen LogP contribution in [0.2, 0.25) is 0 Å². The molecule has 2 amide bonds. The fourth-order valence-corrected chi connectivity index (χ4v) is 3.99. The van der Waals surface area contributed by atoms with E-state index in [1.807, 2.05) is 0 Å². The lowest BCUT2D eigenvalue weighted by molar-refractivity contribution is -0.137. The molecular formula is C23H15F3N4O3. The number of methoxy groups -OCH3 is 1. The van der Waals surface area contributed by atoms with Crippen LogP contribution in [0.3, 0.4) is 0 Å². The van der Waals surface area contributed by atoms with Crippen molar-refractivity contribution in [1.82, 2.24) is 14.8 Å². The minimum atomic E-state index is -4.62. The second kappa shape index (κ2) is 7.16. The molecule has 3 heterocycles. The molecule has 4 aromatic rings. The van der Waals surface area contributed by atoms with Crippen molar-refractivity contribution >= 4 is 28.5 Å². The second-order valence-corrected chi connectivity index (χ2v) is 7.41. The number of carbonyl (C=O) groups is 2. The van der Waals surface area contributed by atoms with Crippen molar-refractivity contribution in [2.45, 2.75) is 13.1 Å². The van der Waals surface area contributed by atoms with Gasteiger partial charge in [-0.2, -0.15) is 18.3 Å². The van der Waals surface area contributed by atoms with Gasteiger partial charge < -0.3 is 4.74 Å². The van der Waals surface area contributed by atoms with Gasteiger partial charge in [-0.15, -0.1) is 0 Å². The normalized spacial score (nSPS) is 13.7. The van der Waals surface area contributed by atoms with E-state index in [2.05, 4.69) is 10.1 Å². The number of rotatable bonds is 3. The summed E-state index contributed by atoms with van der Waals surface area (Å²) < 4.78 is 46.4. The zero-order valence-corrected chi connectivity index (χ0v) is 17.3. The highest BCUT2D eigenvalue weighted by Gasteiger charge is 2.41. The number of hydrogen-bond donors (Lipinski definition) is 0. The number of imide groups is 1. The molecule has 33 heavy (non-hydrogen) atoms. The number of halogens is 3. The number of fused-ring (bicyclic) bond motifs is 3. The van der Waals surface area contributed by atoms with Gasteiger partial charge in [-0.25, -0.2) is 14.6 Å². The van der Waals surface area contributed by atoms with Crippen molar-refractivity contribution < 1.29 is 27.5 Å². The van der Waals surface area contributed by atoms with Gasteiger partial charge in [0, 0.05) is 6.20 Å². The first-order chi connectivity index (χ1) is 15.7. The molecule has 0 saturated carbocycles. The summed E-state index contributed by atoms with van der Waals surface area (Å²) in [6.07, 6.45) is -3.37. The summed E-state index contributed by atoms with van der Waals surface area (Å²) in [4.78, 5) is 31.5. The van der Waals surface area contributed by atoms with Gasteiger partial charge >= 0.3 is 6.18 Å². The summed E-state index contributed by atoms with van der Waals surface area (Å²) in [6, 6.07) is 11.2. The van der Waals surface area contributed by atoms with E-state index in [1.54, 1.807) is 31.2 Å². The maximum Gasteiger partial charge on any atom is 0.416 e. The molecule has 0 fully saturated rings. The fourth-order valence-electron chi connectivity index (χ4n) is 3.99. The van der Waals surface area contributed by atoms with Crippen molar-refractivity contribution in [1.29, 1.82) is 0 Å². The predicted octanol–water partition coefficient (Wildman–Crippen LogP) is 4.56. The molecule has 2 aromatic heterocycles. The number of hydrogen-bond acceptors (Lipinski definition) is 5. The number of benzene rings is 2. The Labute approximate surface area is 185 Å². The molecule has 0 atom stereocenters. The van der Waals surface area contributed by atoms with Crippen LogP contribution in [-0.2, 0) is 6.18 Å². The minimum Gasteiger partial charge on any atom is -0.494 e. The summed E-state index contributed by atoms with van der Waals surface area (Å²) in [5.41, 5.74) is 0.278. The van der Waals surface area contributed by atoms with E-state index in [4.69, 9.17) is 4.74 Å². The molecule has 0 bridgehead atoms. The molecule has 0 aliphatic carbocycles. The third kappa shape index (κ3) is 3.05. The van der Waals surface area contributed by atoms with Crippen molar-refractivity contribution in [2.75, 3.05) is 12.0 Å². The van der Waals surface area contributed by atoms with E-state index in [9.17, 15) is 22.8 Å². The number of aromatic nitrogens is 3. The predicted molar refractivity (Wildman–Crippen MR) is 113 cm³/mol. The monoisotopic (exact) mass is 452 g/mol. The summed E-state index contributed by atoms with van der Waals surface area (Å²) in [6.45, 7) is 1.67. The van der Waals surface area contributed by atoms with Gasteiger partial charge in [0.05, 0.1) is 40.6 Å². The van der Waals surface area contributed by atoms with Crippen LogP contribution >= 0.6 is 0 Å². The van der Waals surface area contributed by atoms with Gasteiger partial charge in [0.25, 0.3) is 11.8 Å². The van der Waals surface area contributed by atoms with Crippen LogP contribution in [0.5, 0.6) is 5.75 Å². The van der Waals surface area contributed by atoms with Crippen LogP contribution < -0.4 is 9.64 Å². The molecule has 0 saturated heterocycles. The number of ether oxygens (including phenoxy) is 1. The summed E-state index contributed by atoms with van der Waals surface area (Å²) in [7, 11) is 1.51. The van der Waals surface area contributed by atoms with Crippen molar-refractivity contribution in [3.63, 3.8) is 0 Å². The first kappa shape index (κ1) is 20.7. The third-order valence-electron chi connectivity index (χ3n) is 5.47. The number of pyridine rings is 1. The van der Waals surface area contributed by atoms with Crippen LogP contribution in [0.15, 0.2) is 54.7 Å². The fraction of sp³-hybridized carbons (Fsp3) is 0.130. The van der Waals surface area contributed by atoms with Gasteiger partial charge in [0.1, 0.15) is 11.4 Å². The largest absolute Gasteiger partial charge is 0.494 e. The Hall–Kier alpha value is -4.21. The van der Waals surface area contributed by atoms with Crippen LogP contribution in [0, 0.1) is 6.92 Å². The van der Waals surface area contributed by atoms with E-state index in [-0.39, 0.29) is 16.8 Å². The zero-order valence-electron chi connectivity index (χ0n) is 17.3. The van der Waals surface area contributed by atoms with Crippen LogP contribution in [0.4, 0.5) is 18.9 Å². The number of amides is 2. The maximum absolute atomic E-state index is 13.3. The Bertz CT molecular complexity index is 1460. The molecule has 0 radical (unpaired) electrons. The van der Waals surface area contributed by atoms with Gasteiger partial charge in [-0.1, -0.05) is 18.2 Å². The molecule has 1 aliphatic rings. The number of nitrogens with zero attached hydrogens (tertiary/aromatic N) is 4. The minimum absolute atomic E-state index is 0.00703. The molecule has 7 nitrogen and oxygen atoms in total. The summed E-state index contributed by atoms with van der Waals surface area (Å²) in [5, 5.41) is 4.85. The Morgan fingerprint density at radius 3 is 2.48 bits per heavy atom. The highest BCUT2D eigenvalue weighted by atomic mass is 19.4. The van der Waals surface area contributed by atoms with Gasteiger partial charge in [-0.05, 0) is 37.3 Å². The molecule has 0 spiro atoms. The van der Waals surface area contributed by atoms with Gasteiger partial charge in [-0.3, -0.25) is 9.59 Å².